The highest BCUT2D eigenvalue weighted by molar-refractivity contribution is 9.09. The summed E-state index contributed by atoms with van der Waals surface area (Å²) in [5, 5.41) is 0.682. The van der Waals surface area contributed by atoms with E-state index in [4.69, 9.17) is 0 Å². The highest BCUT2D eigenvalue weighted by Crippen LogP contribution is 2.32. The van der Waals surface area contributed by atoms with Crippen molar-refractivity contribution in [1.82, 2.24) is 4.31 Å². The van der Waals surface area contributed by atoms with E-state index in [0.29, 0.717) is 30.9 Å². The minimum Gasteiger partial charge on any atom is -0.207 e. The fourth-order valence-corrected chi connectivity index (χ4v) is 4.23. The van der Waals surface area contributed by atoms with Gasteiger partial charge in [-0.1, -0.05) is 22.0 Å². The summed E-state index contributed by atoms with van der Waals surface area (Å²) in [6, 6.07) is 3.88. The van der Waals surface area contributed by atoms with Gasteiger partial charge in [-0.3, -0.25) is 0 Å². The lowest BCUT2D eigenvalue weighted by molar-refractivity contribution is -0.137. The van der Waals surface area contributed by atoms with Crippen LogP contribution in [0.3, 0.4) is 0 Å². The van der Waals surface area contributed by atoms with Crippen molar-refractivity contribution >= 4 is 26.0 Å². The van der Waals surface area contributed by atoms with Crippen molar-refractivity contribution < 1.29 is 21.6 Å². The minimum absolute atomic E-state index is 0.204. The number of nitrogens with zero attached hydrogens (tertiary/aromatic N) is 1. The van der Waals surface area contributed by atoms with Crippen LogP contribution < -0.4 is 0 Å². The van der Waals surface area contributed by atoms with Gasteiger partial charge in [0.15, 0.2) is 0 Å². The first-order chi connectivity index (χ1) is 9.25. The monoisotopic (exact) mass is 371 g/mol. The van der Waals surface area contributed by atoms with Gasteiger partial charge in [0.05, 0.1) is 10.5 Å². The van der Waals surface area contributed by atoms with Crippen LogP contribution in [0.25, 0.3) is 0 Å². The standard InChI is InChI=1S/C12H13BrF3NO2S/c13-7-9-4-5-17(8-9)20(18,19)11-3-1-2-10(6-11)12(14,15)16/h1-3,6,9H,4-5,7-8H2. The van der Waals surface area contributed by atoms with Crippen LogP contribution >= 0.6 is 15.9 Å². The van der Waals surface area contributed by atoms with Crippen LogP contribution in [0, 0.1) is 5.92 Å². The average Bonchev–Trinajstić information content (AvgIpc) is 2.87. The maximum Gasteiger partial charge on any atom is 0.416 e. The summed E-state index contributed by atoms with van der Waals surface area (Å²) < 4.78 is 63.8. The molecule has 1 saturated heterocycles. The Hall–Kier alpha value is -0.600. The van der Waals surface area contributed by atoms with E-state index in [1.54, 1.807) is 0 Å². The second kappa shape index (κ2) is 5.65. The summed E-state index contributed by atoms with van der Waals surface area (Å²) in [6.45, 7) is 0.679. The maximum atomic E-state index is 12.6. The molecule has 0 spiro atoms. The molecule has 20 heavy (non-hydrogen) atoms. The molecule has 0 N–H and O–H groups in total. The van der Waals surface area contributed by atoms with Crippen molar-refractivity contribution in [3.63, 3.8) is 0 Å². The third-order valence-electron chi connectivity index (χ3n) is 3.27. The lowest BCUT2D eigenvalue weighted by Gasteiger charge is -2.17. The zero-order chi connectivity index (χ0) is 15.0. The molecule has 0 radical (unpaired) electrons. The van der Waals surface area contributed by atoms with Crippen molar-refractivity contribution in [3.8, 4) is 0 Å². The Bertz CT molecular complexity index is 589. The van der Waals surface area contributed by atoms with Crippen molar-refractivity contribution in [3.05, 3.63) is 29.8 Å². The summed E-state index contributed by atoms with van der Waals surface area (Å²) in [6.07, 6.45) is -3.83. The van der Waals surface area contributed by atoms with Gasteiger partial charge in [-0.2, -0.15) is 17.5 Å². The number of alkyl halides is 4. The van der Waals surface area contributed by atoms with Gasteiger partial charge in [-0.15, -0.1) is 0 Å². The van der Waals surface area contributed by atoms with Crippen LogP contribution in [0.4, 0.5) is 13.2 Å². The largest absolute Gasteiger partial charge is 0.416 e. The summed E-state index contributed by atoms with van der Waals surface area (Å²) in [5.74, 6) is 0.204. The molecule has 0 saturated carbocycles. The third kappa shape index (κ3) is 3.17. The topological polar surface area (TPSA) is 37.4 Å². The molecule has 1 unspecified atom stereocenters. The molecule has 0 bridgehead atoms. The van der Waals surface area contributed by atoms with E-state index in [9.17, 15) is 21.6 Å². The van der Waals surface area contributed by atoms with Crippen molar-refractivity contribution in [2.75, 3.05) is 18.4 Å². The summed E-state index contributed by atoms with van der Waals surface area (Å²) >= 11 is 3.29. The number of halogens is 4. The SMILES string of the molecule is O=S(=O)(c1cccc(C(F)(F)F)c1)N1CCC(CBr)C1. The Kier molecular flexibility index (Phi) is 4.46. The fraction of sp³-hybridized carbons (Fsp3) is 0.500. The van der Waals surface area contributed by atoms with Gasteiger partial charge in [0, 0.05) is 18.4 Å². The van der Waals surface area contributed by atoms with E-state index in [2.05, 4.69) is 15.9 Å². The van der Waals surface area contributed by atoms with Crippen LogP contribution in [0.5, 0.6) is 0 Å². The zero-order valence-electron chi connectivity index (χ0n) is 10.4. The summed E-state index contributed by atoms with van der Waals surface area (Å²) in [5.41, 5.74) is -0.949. The predicted molar refractivity (Wildman–Crippen MR) is 72.1 cm³/mol. The fourth-order valence-electron chi connectivity index (χ4n) is 2.12. The quantitative estimate of drug-likeness (QED) is 0.765. The molecule has 2 rings (SSSR count). The van der Waals surface area contributed by atoms with E-state index in [1.807, 2.05) is 0 Å². The summed E-state index contributed by atoms with van der Waals surface area (Å²) in [4.78, 5) is -0.303. The van der Waals surface area contributed by atoms with E-state index >= 15 is 0 Å². The van der Waals surface area contributed by atoms with Crippen molar-refractivity contribution in [1.29, 1.82) is 0 Å². The van der Waals surface area contributed by atoms with Gasteiger partial charge in [0.25, 0.3) is 0 Å². The molecule has 1 heterocycles. The predicted octanol–water partition coefficient (Wildman–Crippen LogP) is 3.11. The molecule has 0 aromatic heterocycles. The smallest absolute Gasteiger partial charge is 0.207 e. The van der Waals surface area contributed by atoms with Gasteiger partial charge in [0.2, 0.25) is 10.0 Å². The molecule has 1 atom stereocenters. The first kappa shape index (κ1) is 15.8. The average molecular weight is 372 g/mol. The molecule has 1 fully saturated rings. The van der Waals surface area contributed by atoms with Gasteiger partial charge < -0.3 is 0 Å². The van der Waals surface area contributed by atoms with Gasteiger partial charge in [-0.25, -0.2) is 8.42 Å². The van der Waals surface area contributed by atoms with Crippen LogP contribution in [0.1, 0.15) is 12.0 Å². The number of hydrogen-bond acceptors (Lipinski definition) is 2. The Labute approximate surface area is 123 Å². The first-order valence-corrected chi connectivity index (χ1v) is 8.54. The Balaban J connectivity index is 2.31. The Morgan fingerprint density at radius 2 is 2.05 bits per heavy atom. The van der Waals surface area contributed by atoms with E-state index in [1.165, 1.54) is 10.4 Å². The van der Waals surface area contributed by atoms with E-state index in [0.717, 1.165) is 12.1 Å². The van der Waals surface area contributed by atoms with Crippen LogP contribution in [0.15, 0.2) is 29.2 Å². The van der Waals surface area contributed by atoms with Crippen LogP contribution in [-0.4, -0.2) is 31.1 Å². The minimum atomic E-state index is -4.55. The van der Waals surface area contributed by atoms with Gasteiger partial charge >= 0.3 is 6.18 Å². The number of hydrogen-bond donors (Lipinski definition) is 0. The van der Waals surface area contributed by atoms with Crippen LogP contribution in [-0.2, 0) is 16.2 Å². The summed E-state index contributed by atoms with van der Waals surface area (Å²) in [7, 11) is -3.85. The first-order valence-electron chi connectivity index (χ1n) is 5.98. The van der Waals surface area contributed by atoms with E-state index in [-0.39, 0.29) is 10.8 Å². The highest BCUT2D eigenvalue weighted by atomic mass is 79.9. The Morgan fingerprint density at radius 1 is 1.35 bits per heavy atom. The molecule has 1 aromatic rings. The second-order valence-corrected chi connectivity index (χ2v) is 7.28. The number of benzene rings is 1. The molecule has 1 aromatic carbocycles. The molecule has 0 aliphatic carbocycles. The number of sulfonamides is 1. The normalized spacial score (nSPS) is 21.3. The zero-order valence-corrected chi connectivity index (χ0v) is 12.8. The lowest BCUT2D eigenvalue weighted by atomic mass is 10.2. The van der Waals surface area contributed by atoms with Crippen molar-refractivity contribution in [2.45, 2.75) is 17.5 Å². The van der Waals surface area contributed by atoms with Gasteiger partial charge in [0.1, 0.15) is 0 Å². The molecule has 1 aliphatic rings. The Morgan fingerprint density at radius 3 is 2.60 bits per heavy atom. The third-order valence-corrected chi connectivity index (χ3v) is 6.04. The number of rotatable bonds is 3. The van der Waals surface area contributed by atoms with E-state index < -0.39 is 21.8 Å². The molecule has 3 nitrogen and oxygen atoms in total. The van der Waals surface area contributed by atoms with Crippen LogP contribution in [0.2, 0.25) is 0 Å². The maximum absolute atomic E-state index is 12.6. The molecular weight excluding hydrogens is 359 g/mol. The lowest BCUT2D eigenvalue weighted by Crippen LogP contribution is -2.29. The molecule has 0 amide bonds. The van der Waals surface area contributed by atoms with Crippen molar-refractivity contribution in [2.24, 2.45) is 5.92 Å². The molecule has 112 valence electrons. The highest BCUT2D eigenvalue weighted by Gasteiger charge is 2.35. The molecule has 8 heteroatoms. The second-order valence-electron chi connectivity index (χ2n) is 4.70. The van der Waals surface area contributed by atoms with Gasteiger partial charge in [-0.05, 0) is 30.5 Å². The molecule has 1 aliphatic heterocycles. The molecular formula is C12H13BrF3NO2S.